The van der Waals surface area contributed by atoms with Crippen molar-refractivity contribution in [2.75, 3.05) is 52.8 Å². The summed E-state index contributed by atoms with van der Waals surface area (Å²) in [5.74, 6) is 1.68. The van der Waals surface area contributed by atoms with E-state index in [2.05, 4.69) is 64.5 Å². The van der Waals surface area contributed by atoms with E-state index >= 15 is 0 Å². The molecule has 4 aromatic rings. The van der Waals surface area contributed by atoms with E-state index in [-0.39, 0.29) is 17.5 Å². The lowest BCUT2D eigenvalue weighted by atomic mass is 9.72. The summed E-state index contributed by atoms with van der Waals surface area (Å²) in [7, 11) is 7.49. The zero-order chi connectivity index (χ0) is 34.1. The van der Waals surface area contributed by atoms with Crippen LogP contribution in [-0.4, -0.2) is 86.3 Å². The van der Waals surface area contributed by atoms with Gasteiger partial charge in [0.2, 0.25) is 5.91 Å². The first-order valence-corrected chi connectivity index (χ1v) is 17.7. The Morgan fingerprint density at radius 2 is 1.73 bits per heavy atom. The molecule has 49 heavy (non-hydrogen) atoms. The molecule has 1 aromatic heterocycles. The molecule has 7 rings (SSSR count). The molecule has 2 N–H and O–H groups in total. The van der Waals surface area contributed by atoms with E-state index in [4.69, 9.17) is 9.47 Å². The van der Waals surface area contributed by atoms with Gasteiger partial charge in [-0.2, -0.15) is 0 Å². The average molecular weight is 664 g/mol. The smallest absolute Gasteiger partial charge is 0.318 e. The number of nitrogens with zero attached hydrogens (tertiary/aromatic N) is 3. The molecule has 3 heterocycles. The number of aryl methyl sites for hydroxylation is 1. The minimum Gasteiger partial charge on any atom is -0.493 e. The van der Waals surface area contributed by atoms with Crippen molar-refractivity contribution in [3.05, 3.63) is 89.1 Å². The molecule has 3 aliphatic rings. The minimum atomic E-state index is -0.739. The van der Waals surface area contributed by atoms with Gasteiger partial charge < -0.3 is 34.5 Å². The highest BCUT2D eigenvalue weighted by Crippen LogP contribution is 2.43. The molecule has 2 aliphatic heterocycles. The lowest BCUT2D eigenvalue weighted by molar-refractivity contribution is -0.120. The van der Waals surface area contributed by atoms with E-state index in [1.165, 1.54) is 16.7 Å². The quantitative estimate of drug-likeness (QED) is 0.242. The van der Waals surface area contributed by atoms with Crippen LogP contribution in [0, 0.1) is 5.92 Å². The third kappa shape index (κ3) is 6.48. The Kier molecular flexibility index (Phi) is 9.29. The number of urea groups is 1. The molecular weight excluding hydrogens is 614 g/mol. The number of carbonyl (C=O) groups excluding carboxylic acids is 2. The molecule has 9 heteroatoms. The number of H-pyrrole nitrogens is 1. The van der Waals surface area contributed by atoms with Gasteiger partial charge >= 0.3 is 6.03 Å². The van der Waals surface area contributed by atoms with Gasteiger partial charge in [0, 0.05) is 54.4 Å². The van der Waals surface area contributed by atoms with Gasteiger partial charge in [-0.15, -0.1) is 0 Å². The van der Waals surface area contributed by atoms with E-state index in [1.807, 2.05) is 41.4 Å². The van der Waals surface area contributed by atoms with Gasteiger partial charge in [-0.3, -0.25) is 4.79 Å². The number of likely N-dealkylation sites (tertiary alicyclic amines) is 1. The van der Waals surface area contributed by atoms with Crippen molar-refractivity contribution in [1.29, 1.82) is 0 Å². The van der Waals surface area contributed by atoms with Crippen LogP contribution in [0.5, 0.6) is 11.5 Å². The fourth-order valence-electron chi connectivity index (χ4n) is 8.69. The van der Waals surface area contributed by atoms with Gasteiger partial charge in [-0.25, -0.2) is 4.79 Å². The normalized spacial score (nSPS) is 21.0. The van der Waals surface area contributed by atoms with Crippen molar-refractivity contribution in [2.45, 2.75) is 62.9 Å². The van der Waals surface area contributed by atoms with Crippen LogP contribution in [0.3, 0.4) is 0 Å². The van der Waals surface area contributed by atoms with E-state index < -0.39 is 6.04 Å². The number of para-hydroxylation sites is 2. The first-order valence-electron chi connectivity index (χ1n) is 17.7. The van der Waals surface area contributed by atoms with Crippen molar-refractivity contribution in [1.82, 2.24) is 20.1 Å². The van der Waals surface area contributed by atoms with E-state index in [0.717, 1.165) is 79.4 Å². The molecule has 1 aliphatic carbocycles. The molecule has 2 unspecified atom stereocenters. The Labute approximate surface area is 289 Å². The number of carbonyl (C=O) groups is 2. The van der Waals surface area contributed by atoms with E-state index in [0.29, 0.717) is 31.2 Å². The highest BCUT2D eigenvalue weighted by atomic mass is 16.5. The summed E-state index contributed by atoms with van der Waals surface area (Å²) in [4.78, 5) is 39.1. The predicted octanol–water partition coefficient (Wildman–Crippen LogP) is 5.99. The summed E-state index contributed by atoms with van der Waals surface area (Å²) in [6.45, 7) is 2.16. The Bertz CT molecular complexity index is 1830. The van der Waals surface area contributed by atoms with Crippen LogP contribution in [-0.2, 0) is 30.5 Å². The standard InChI is InChI=1S/C40H49N5O4/c1-43(2)25-27-19-29-11-5-8-14-35(29)44(26-27)38(46)34(20-31-24-41-33-13-7-6-12-32(31)33)42-39(47)45-18-10-9-16-40(45)17-15-28-21-36(48-3)37(49-4)22-30(28)23-40/h5-8,11-14,21-22,24,27,34,41H,9-10,15-20,23,25-26H2,1-4H3,(H,42,47)/t27?,34?,40-/m1/s1. The zero-order valence-electron chi connectivity index (χ0n) is 29.3. The fraction of sp³-hybridized carbons (Fsp3) is 0.450. The van der Waals surface area contributed by atoms with Gasteiger partial charge in [-0.1, -0.05) is 36.4 Å². The number of fused-ring (bicyclic) bond motifs is 3. The molecule has 1 spiro atoms. The van der Waals surface area contributed by atoms with Crippen LogP contribution in [0.25, 0.3) is 10.9 Å². The summed E-state index contributed by atoms with van der Waals surface area (Å²) < 4.78 is 11.2. The zero-order valence-corrected chi connectivity index (χ0v) is 29.3. The third-order valence-electron chi connectivity index (χ3n) is 11.0. The van der Waals surface area contributed by atoms with Gasteiger partial charge in [0.15, 0.2) is 11.5 Å². The maximum atomic E-state index is 14.9. The molecular formula is C40H49N5O4. The maximum absolute atomic E-state index is 14.9. The number of ether oxygens (including phenoxy) is 2. The molecule has 9 nitrogen and oxygen atoms in total. The Morgan fingerprint density at radius 3 is 2.53 bits per heavy atom. The molecule has 1 saturated heterocycles. The highest BCUT2D eigenvalue weighted by molar-refractivity contribution is 6.00. The Morgan fingerprint density at radius 1 is 0.980 bits per heavy atom. The summed E-state index contributed by atoms with van der Waals surface area (Å²) in [6.07, 6.45) is 8.73. The van der Waals surface area contributed by atoms with Gasteiger partial charge in [0.05, 0.1) is 14.2 Å². The minimum absolute atomic E-state index is 0.0635. The van der Waals surface area contributed by atoms with Crippen LogP contribution >= 0.6 is 0 Å². The predicted molar refractivity (Wildman–Crippen MR) is 194 cm³/mol. The number of piperidine rings is 1. The number of hydrogen-bond donors (Lipinski definition) is 2. The molecule has 3 atom stereocenters. The Balaban J connectivity index is 1.21. The monoisotopic (exact) mass is 663 g/mol. The molecule has 0 bridgehead atoms. The average Bonchev–Trinajstić information content (AvgIpc) is 3.52. The number of aromatic amines is 1. The van der Waals surface area contributed by atoms with Crippen LogP contribution in [0.4, 0.5) is 10.5 Å². The number of hydrogen-bond acceptors (Lipinski definition) is 5. The summed E-state index contributed by atoms with van der Waals surface area (Å²) in [5.41, 5.74) is 6.29. The van der Waals surface area contributed by atoms with Crippen molar-refractivity contribution in [3.63, 3.8) is 0 Å². The second kappa shape index (κ2) is 13.8. The molecule has 3 aromatic carbocycles. The number of amides is 3. The maximum Gasteiger partial charge on any atom is 0.318 e. The second-order valence-electron chi connectivity index (χ2n) is 14.5. The van der Waals surface area contributed by atoms with Crippen LogP contribution < -0.4 is 19.7 Å². The van der Waals surface area contributed by atoms with Crippen LogP contribution in [0.2, 0.25) is 0 Å². The highest BCUT2D eigenvalue weighted by Gasteiger charge is 2.45. The van der Waals surface area contributed by atoms with E-state index in [9.17, 15) is 9.59 Å². The first kappa shape index (κ1) is 33.0. The van der Waals surface area contributed by atoms with Gasteiger partial charge in [-0.05, 0) is 111 Å². The fourth-order valence-corrected chi connectivity index (χ4v) is 8.69. The van der Waals surface area contributed by atoms with Gasteiger partial charge in [0.1, 0.15) is 6.04 Å². The summed E-state index contributed by atoms with van der Waals surface area (Å²) in [5, 5.41) is 4.41. The topological polar surface area (TPSA) is 90.1 Å². The number of benzene rings is 3. The lowest BCUT2D eigenvalue weighted by Gasteiger charge is -2.50. The molecule has 1 fully saturated rings. The second-order valence-corrected chi connectivity index (χ2v) is 14.5. The largest absolute Gasteiger partial charge is 0.493 e. The van der Waals surface area contributed by atoms with Crippen molar-refractivity contribution >= 4 is 28.5 Å². The Hall–Kier alpha value is -4.50. The lowest BCUT2D eigenvalue weighted by Crippen LogP contribution is -2.62. The summed E-state index contributed by atoms with van der Waals surface area (Å²) >= 11 is 0. The molecule has 3 amide bonds. The number of nitrogens with one attached hydrogen (secondary N) is 2. The number of aromatic nitrogens is 1. The number of anilines is 1. The first-order chi connectivity index (χ1) is 23.8. The van der Waals surface area contributed by atoms with Crippen molar-refractivity contribution < 1.29 is 19.1 Å². The summed E-state index contributed by atoms with van der Waals surface area (Å²) in [6, 6.07) is 19.7. The van der Waals surface area contributed by atoms with Gasteiger partial charge in [0.25, 0.3) is 0 Å². The van der Waals surface area contributed by atoms with Crippen molar-refractivity contribution in [2.24, 2.45) is 5.92 Å². The van der Waals surface area contributed by atoms with E-state index in [1.54, 1.807) is 14.2 Å². The van der Waals surface area contributed by atoms with Crippen LogP contribution in [0.15, 0.2) is 66.9 Å². The van der Waals surface area contributed by atoms with Crippen LogP contribution in [0.1, 0.15) is 47.9 Å². The number of rotatable bonds is 8. The van der Waals surface area contributed by atoms with Crippen molar-refractivity contribution in [3.8, 4) is 11.5 Å². The molecule has 258 valence electrons. The molecule has 0 radical (unpaired) electrons. The third-order valence-corrected chi connectivity index (χ3v) is 11.0. The number of methoxy groups -OCH3 is 2. The molecule has 0 saturated carbocycles. The SMILES string of the molecule is COc1cc2c(cc1OC)C[C@@]1(CCCCN1C(=O)NC(Cc1c[nH]c3ccccc13)C(=O)N1CC(CN(C)C)Cc3ccccc31)CC2.